The SMILES string of the molecule is CC(C)S(=O)(=O)c1cccc(CCC2CC2C(=O)O)c1. The maximum absolute atomic E-state index is 12.1. The van der Waals surface area contributed by atoms with E-state index in [1.165, 1.54) is 0 Å². The van der Waals surface area contributed by atoms with Gasteiger partial charge < -0.3 is 5.11 Å². The zero-order valence-electron chi connectivity index (χ0n) is 11.7. The second kappa shape index (κ2) is 5.56. The molecule has 0 aromatic heterocycles. The minimum Gasteiger partial charge on any atom is -0.481 e. The van der Waals surface area contributed by atoms with Crippen LogP contribution in [0.2, 0.25) is 0 Å². The number of rotatable bonds is 6. The number of benzene rings is 1. The lowest BCUT2D eigenvalue weighted by molar-refractivity contribution is -0.138. The summed E-state index contributed by atoms with van der Waals surface area (Å²) in [5.41, 5.74) is 0.961. The number of sulfone groups is 1. The van der Waals surface area contributed by atoms with E-state index in [0.717, 1.165) is 24.8 Å². The molecule has 2 rings (SSSR count). The van der Waals surface area contributed by atoms with Gasteiger partial charge in [0.2, 0.25) is 0 Å². The van der Waals surface area contributed by atoms with Crippen molar-refractivity contribution in [2.24, 2.45) is 11.8 Å². The third-order valence-corrected chi connectivity index (χ3v) is 6.04. The van der Waals surface area contributed by atoms with Crippen molar-refractivity contribution < 1.29 is 18.3 Å². The molecule has 1 aliphatic rings. The van der Waals surface area contributed by atoms with Gasteiger partial charge in [0.25, 0.3) is 0 Å². The highest BCUT2D eigenvalue weighted by Crippen LogP contribution is 2.42. The molecule has 0 bridgehead atoms. The van der Waals surface area contributed by atoms with E-state index in [4.69, 9.17) is 5.11 Å². The second-order valence-electron chi connectivity index (χ2n) is 5.72. The molecule has 110 valence electrons. The smallest absolute Gasteiger partial charge is 0.306 e. The fourth-order valence-electron chi connectivity index (χ4n) is 2.37. The van der Waals surface area contributed by atoms with Crippen LogP contribution in [0.25, 0.3) is 0 Å². The van der Waals surface area contributed by atoms with Crippen LogP contribution in [-0.2, 0) is 21.1 Å². The summed E-state index contributed by atoms with van der Waals surface area (Å²) in [7, 11) is -3.24. The van der Waals surface area contributed by atoms with Gasteiger partial charge in [0.1, 0.15) is 0 Å². The highest BCUT2D eigenvalue weighted by atomic mass is 32.2. The van der Waals surface area contributed by atoms with Crippen molar-refractivity contribution in [1.29, 1.82) is 0 Å². The molecule has 2 atom stereocenters. The number of hydrogen-bond donors (Lipinski definition) is 1. The summed E-state index contributed by atoms with van der Waals surface area (Å²) < 4.78 is 24.2. The van der Waals surface area contributed by atoms with Crippen molar-refractivity contribution in [2.75, 3.05) is 0 Å². The Kier molecular flexibility index (Phi) is 4.18. The Hall–Kier alpha value is -1.36. The Morgan fingerprint density at radius 3 is 2.65 bits per heavy atom. The van der Waals surface area contributed by atoms with E-state index in [2.05, 4.69) is 0 Å². The maximum Gasteiger partial charge on any atom is 0.306 e. The summed E-state index contributed by atoms with van der Waals surface area (Å²) in [6, 6.07) is 6.99. The molecule has 0 saturated heterocycles. The van der Waals surface area contributed by atoms with Gasteiger partial charge in [-0.25, -0.2) is 8.42 Å². The first kappa shape index (κ1) is 15.0. The molecule has 0 amide bonds. The number of aryl methyl sites for hydroxylation is 1. The molecule has 0 heterocycles. The van der Waals surface area contributed by atoms with Gasteiger partial charge in [-0.05, 0) is 56.7 Å². The van der Waals surface area contributed by atoms with Crippen LogP contribution in [0.4, 0.5) is 0 Å². The molecule has 1 saturated carbocycles. The van der Waals surface area contributed by atoms with E-state index in [-0.39, 0.29) is 11.8 Å². The zero-order valence-corrected chi connectivity index (χ0v) is 12.6. The van der Waals surface area contributed by atoms with E-state index < -0.39 is 21.1 Å². The molecule has 4 nitrogen and oxygen atoms in total. The van der Waals surface area contributed by atoms with E-state index in [0.29, 0.717) is 4.90 Å². The molecule has 0 aliphatic heterocycles. The number of hydrogen-bond acceptors (Lipinski definition) is 3. The largest absolute Gasteiger partial charge is 0.481 e. The fraction of sp³-hybridized carbons (Fsp3) is 0.533. The molecule has 1 N–H and O–H groups in total. The number of carbonyl (C=O) groups is 1. The van der Waals surface area contributed by atoms with Crippen LogP contribution in [0.5, 0.6) is 0 Å². The van der Waals surface area contributed by atoms with E-state index >= 15 is 0 Å². The first-order chi connectivity index (χ1) is 9.32. The summed E-state index contributed by atoms with van der Waals surface area (Å²) in [6.45, 7) is 3.34. The average Bonchev–Trinajstić information content (AvgIpc) is 3.16. The van der Waals surface area contributed by atoms with Crippen LogP contribution in [0.3, 0.4) is 0 Å². The molecule has 1 aromatic carbocycles. The predicted octanol–water partition coefficient (Wildman–Crippen LogP) is 2.52. The Labute approximate surface area is 119 Å². The van der Waals surface area contributed by atoms with Gasteiger partial charge in [0.15, 0.2) is 9.84 Å². The third-order valence-electron chi connectivity index (χ3n) is 3.89. The summed E-state index contributed by atoms with van der Waals surface area (Å²) >= 11 is 0. The molecule has 1 aromatic rings. The monoisotopic (exact) mass is 296 g/mol. The van der Waals surface area contributed by atoms with Gasteiger partial charge in [-0.15, -0.1) is 0 Å². The normalized spacial score (nSPS) is 21.9. The van der Waals surface area contributed by atoms with Gasteiger partial charge in [-0.3, -0.25) is 4.79 Å². The molecule has 1 fully saturated rings. The lowest BCUT2D eigenvalue weighted by Gasteiger charge is -2.09. The zero-order chi connectivity index (χ0) is 14.9. The van der Waals surface area contributed by atoms with Crippen LogP contribution < -0.4 is 0 Å². The molecular weight excluding hydrogens is 276 g/mol. The van der Waals surface area contributed by atoms with E-state index in [1.807, 2.05) is 6.07 Å². The average molecular weight is 296 g/mol. The molecule has 0 radical (unpaired) electrons. The first-order valence-electron chi connectivity index (χ1n) is 6.88. The number of aliphatic carboxylic acids is 1. The van der Waals surface area contributed by atoms with Crippen molar-refractivity contribution in [3.05, 3.63) is 29.8 Å². The number of carboxylic acids is 1. The molecular formula is C15H20O4S. The van der Waals surface area contributed by atoms with Gasteiger partial charge in [-0.1, -0.05) is 12.1 Å². The van der Waals surface area contributed by atoms with Crippen LogP contribution in [0.15, 0.2) is 29.2 Å². The number of carboxylic acid groups (broad SMARTS) is 1. The van der Waals surface area contributed by atoms with Crippen molar-refractivity contribution >= 4 is 15.8 Å². The Morgan fingerprint density at radius 2 is 2.10 bits per heavy atom. The second-order valence-corrected chi connectivity index (χ2v) is 8.22. The molecule has 5 heteroatoms. The highest BCUT2D eigenvalue weighted by Gasteiger charge is 2.42. The van der Waals surface area contributed by atoms with Crippen LogP contribution in [0.1, 0.15) is 32.3 Å². The Balaban J connectivity index is 2.02. The summed E-state index contributed by atoms with van der Waals surface area (Å²) in [4.78, 5) is 11.1. The minimum atomic E-state index is -3.24. The van der Waals surface area contributed by atoms with Crippen LogP contribution in [0, 0.1) is 11.8 Å². The Morgan fingerprint density at radius 1 is 1.40 bits per heavy atom. The molecule has 2 unspecified atom stereocenters. The van der Waals surface area contributed by atoms with Crippen molar-refractivity contribution in [3.8, 4) is 0 Å². The maximum atomic E-state index is 12.1. The van der Waals surface area contributed by atoms with Gasteiger partial charge in [-0.2, -0.15) is 0 Å². The van der Waals surface area contributed by atoms with Crippen molar-refractivity contribution in [1.82, 2.24) is 0 Å². The highest BCUT2D eigenvalue weighted by molar-refractivity contribution is 7.92. The summed E-state index contributed by atoms with van der Waals surface area (Å²) in [5.74, 6) is -0.665. The quantitative estimate of drug-likeness (QED) is 0.875. The fourth-order valence-corrected chi connectivity index (χ4v) is 3.50. The molecule has 1 aliphatic carbocycles. The lowest BCUT2D eigenvalue weighted by Crippen LogP contribution is -2.14. The topological polar surface area (TPSA) is 71.4 Å². The summed E-state index contributed by atoms with van der Waals surface area (Å²) in [5, 5.41) is 8.42. The van der Waals surface area contributed by atoms with Crippen molar-refractivity contribution in [3.63, 3.8) is 0 Å². The van der Waals surface area contributed by atoms with Gasteiger partial charge in [0, 0.05) is 0 Å². The van der Waals surface area contributed by atoms with Crippen LogP contribution >= 0.6 is 0 Å². The summed E-state index contributed by atoms with van der Waals surface area (Å²) in [6.07, 6.45) is 2.29. The van der Waals surface area contributed by atoms with Crippen LogP contribution in [-0.4, -0.2) is 24.7 Å². The Bertz CT molecular complexity index is 604. The third kappa shape index (κ3) is 3.20. The van der Waals surface area contributed by atoms with E-state index in [9.17, 15) is 13.2 Å². The van der Waals surface area contributed by atoms with Gasteiger partial charge >= 0.3 is 5.97 Å². The standard InChI is InChI=1S/C15H20O4S/c1-10(2)20(18,19)13-5-3-4-11(8-13)6-7-12-9-14(12)15(16)17/h3-5,8,10,12,14H,6-7,9H2,1-2H3,(H,16,17). The first-order valence-corrected chi connectivity index (χ1v) is 8.42. The molecule has 0 spiro atoms. The predicted molar refractivity (Wildman–Crippen MR) is 76.3 cm³/mol. The minimum absolute atomic E-state index is 0.197. The molecule has 20 heavy (non-hydrogen) atoms. The van der Waals surface area contributed by atoms with Crippen molar-refractivity contribution in [2.45, 2.75) is 43.3 Å². The van der Waals surface area contributed by atoms with E-state index in [1.54, 1.807) is 32.0 Å². The van der Waals surface area contributed by atoms with Gasteiger partial charge in [0.05, 0.1) is 16.1 Å². The lowest BCUT2D eigenvalue weighted by atomic mass is 10.1.